The number of benzene rings is 1. The molecule has 1 aliphatic carbocycles. The molecule has 0 spiro atoms. The Bertz CT molecular complexity index is 1090. The Balaban J connectivity index is 1.29. The predicted molar refractivity (Wildman–Crippen MR) is 119 cm³/mol. The summed E-state index contributed by atoms with van der Waals surface area (Å²) in [5.41, 5.74) is 3.95. The fourth-order valence-electron chi connectivity index (χ4n) is 4.24. The van der Waals surface area contributed by atoms with Crippen LogP contribution in [-0.2, 0) is 7.05 Å². The molecule has 1 saturated carbocycles. The Kier molecular flexibility index (Phi) is 4.24. The van der Waals surface area contributed by atoms with Gasteiger partial charge in [-0.05, 0) is 42.7 Å². The third-order valence-corrected chi connectivity index (χ3v) is 6.69. The molecule has 2 fully saturated rings. The number of rotatable bonds is 6. The van der Waals surface area contributed by atoms with Crippen molar-refractivity contribution < 1.29 is 0 Å². The van der Waals surface area contributed by atoms with Gasteiger partial charge in [0.25, 0.3) is 0 Å². The van der Waals surface area contributed by atoms with Crippen molar-refractivity contribution in [3.8, 4) is 11.3 Å². The van der Waals surface area contributed by atoms with Crippen LogP contribution in [0.5, 0.6) is 0 Å². The van der Waals surface area contributed by atoms with Crippen molar-refractivity contribution in [2.45, 2.75) is 26.7 Å². The lowest BCUT2D eigenvalue weighted by atomic mass is 9.94. The number of likely N-dealkylation sites (tertiary alicyclic amines) is 1. The van der Waals surface area contributed by atoms with Crippen LogP contribution in [0, 0.1) is 18.3 Å². The Hall–Kier alpha value is -2.66. The van der Waals surface area contributed by atoms with Crippen LogP contribution >= 0.6 is 0 Å². The Labute approximate surface area is 172 Å². The summed E-state index contributed by atoms with van der Waals surface area (Å²) in [5.74, 6) is 2.39. The second-order valence-electron chi connectivity index (χ2n) is 9.23. The van der Waals surface area contributed by atoms with Crippen molar-refractivity contribution >= 4 is 16.6 Å². The van der Waals surface area contributed by atoms with Gasteiger partial charge in [0.15, 0.2) is 0 Å². The minimum absolute atomic E-state index is 0.513. The highest BCUT2D eigenvalue weighted by atomic mass is 15.2. The minimum atomic E-state index is 0.513. The minimum Gasteiger partial charge on any atom is -0.344 e. The first kappa shape index (κ1) is 18.4. The summed E-state index contributed by atoms with van der Waals surface area (Å²) in [6.45, 7) is 12.2. The molecule has 0 radical (unpaired) electrons. The summed E-state index contributed by atoms with van der Waals surface area (Å²) in [7, 11) is 2.05. The van der Waals surface area contributed by atoms with Gasteiger partial charge in [0.2, 0.25) is 0 Å². The number of hydrogen-bond donors (Lipinski definition) is 1. The largest absolute Gasteiger partial charge is 0.344 e. The fourth-order valence-corrected chi connectivity index (χ4v) is 4.24. The molecule has 5 heteroatoms. The first-order valence-electron chi connectivity index (χ1n) is 10.5. The molecule has 29 heavy (non-hydrogen) atoms. The van der Waals surface area contributed by atoms with Gasteiger partial charge in [-0.1, -0.05) is 25.6 Å². The Morgan fingerprint density at radius 1 is 1.17 bits per heavy atom. The summed E-state index contributed by atoms with van der Waals surface area (Å²) in [6.07, 6.45) is 6.64. The van der Waals surface area contributed by atoms with Crippen LogP contribution in [0.2, 0.25) is 0 Å². The number of imidazole rings is 1. The fraction of sp³-hybridized carbons (Fsp3) is 0.417. The van der Waals surface area contributed by atoms with E-state index < -0.39 is 0 Å². The zero-order chi connectivity index (χ0) is 20.2. The van der Waals surface area contributed by atoms with E-state index in [1.54, 1.807) is 0 Å². The standard InChI is InChI=1S/C24H29N5/c1-16(21-13-29(14-21)15-24(3)7-8-24)27-23-10-20-9-18(5-6-19(20)11-26-23)22-12-25-17(2)28(22)4/h5-6,9-12,21H,1,7-8,13-15H2,2-4H3,(H,26,27). The summed E-state index contributed by atoms with van der Waals surface area (Å²) < 4.78 is 2.12. The highest BCUT2D eigenvalue weighted by Gasteiger charge is 2.42. The van der Waals surface area contributed by atoms with Crippen LogP contribution in [0.4, 0.5) is 5.82 Å². The van der Waals surface area contributed by atoms with E-state index in [1.807, 2.05) is 19.3 Å². The molecule has 0 bridgehead atoms. The van der Waals surface area contributed by atoms with Crippen LogP contribution < -0.4 is 5.32 Å². The van der Waals surface area contributed by atoms with Crippen molar-refractivity contribution in [1.29, 1.82) is 0 Å². The lowest BCUT2D eigenvalue weighted by Gasteiger charge is -2.41. The Morgan fingerprint density at radius 3 is 2.66 bits per heavy atom. The number of anilines is 1. The van der Waals surface area contributed by atoms with Crippen LogP contribution in [0.15, 0.2) is 48.9 Å². The first-order valence-corrected chi connectivity index (χ1v) is 10.5. The number of aromatic nitrogens is 3. The molecule has 5 nitrogen and oxygen atoms in total. The number of nitrogens with one attached hydrogen (secondary N) is 1. The van der Waals surface area contributed by atoms with Gasteiger partial charge < -0.3 is 14.8 Å². The second-order valence-corrected chi connectivity index (χ2v) is 9.23. The van der Waals surface area contributed by atoms with Crippen molar-refractivity contribution in [2.24, 2.45) is 18.4 Å². The van der Waals surface area contributed by atoms with E-state index in [-0.39, 0.29) is 0 Å². The van der Waals surface area contributed by atoms with Crippen LogP contribution in [0.1, 0.15) is 25.6 Å². The third-order valence-electron chi connectivity index (χ3n) is 6.69. The quantitative estimate of drug-likeness (QED) is 0.671. The number of nitrogens with zero attached hydrogens (tertiary/aromatic N) is 4. The molecule has 0 atom stereocenters. The highest BCUT2D eigenvalue weighted by molar-refractivity contribution is 5.88. The molecule has 1 N–H and O–H groups in total. The van der Waals surface area contributed by atoms with Crippen molar-refractivity contribution in [3.05, 3.63) is 54.8 Å². The summed E-state index contributed by atoms with van der Waals surface area (Å²) >= 11 is 0. The summed E-state index contributed by atoms with van der Waals surface area (Å²) in [4.78, 5) is 11.6. The molecule has 1 saturated heterocycles. The number of pyridine rings is 1. The smallest absolute Gasteiger partial charge is 0.130 e. The van der Waals surface area contributed by atoms with E-state index in [2.05, 4.69) is 69.6 Å². The molecule has 150 valence electrons. The maximum Gasteiger partial charge on any atom is 0.130 e. The number of hydrogen-bond acceptors (Lipinski definition) is 4. The van der Waals surface area contributed by atoms with Crippen molar-refractivity contribution in [3.63, 3.8) is 0 Å². The maximum absolute atomic E-state index is 4.60. The molecule has 0 unspecified atom stereocenters. The van der Waals surface area contributed by atoms with Gasteiger partial charge in [-0.2, -0.15) is 0 Å². The van der Waals surface area contributed by atoms with E-state index in [0.29, 0.717) is 11.3 Å². The zero-order valence-electron chi connectivity index (χ0n) is 17.6. The SMILES string of the molecule is C=C(Nc1cc2cc(-c3cnc(C)n3C)ccc2cn1)C1CN(CC2(C)CC2)C1. The van der Waals surface area contributed by atoms with E-state index in [1.165, 1.54) is 30.3 Å². The summed E-state index contributed by atoms with van der Waals surface area (Å²) in [5, 5.41) is 5.77. The zero-order valence-corrected chi connectivity index (χ0v) is 17.6. The monoisotopic (exact) mass is 387 g/mol. The van der Waals surface area contributed by atoms with Crippen LogP contribution in [0.25, 0.3) is 22.0 Å². The molecular formula is C24H29N5. The molecule has 2 aromatic heterocycles. The van der Waals surface area contributed by atoms with Gasteiger partial charge >= 0.3 is 0 Å². The normalized spacial score (nSPS) is 18.6. The Morgan fingerprint density at radius 2 is 1.97 bits per heavy atom. The van der Waals surface area contributed by atoms with Gasteiger partial charge in [0.1, 0.15) is 11.6 Å². The predicted octanol–water partition coefficient (Wildman–Crippen LogP) is 4.60. The average Bonchev–Trinajstić information content (AvgIpc) is 3.31. The van der Waals surface area contributed by atoms with Crippen LogP contribution in [0.3, 0.4) is 0 Å². The lowest BCUT2D eigenvalue weighted by molar-refractivity contribution is 0.100. The average molecular weight is 388 g/mol. The van der Waals surface area contributed by atoms with E-state index in [0.717, 1.165) is 41.5 Å². The van der Waals surface area contributed by atoms with Crippen LogP contribution in [-0.4, -0.2) is 39.1 Å². The number of aryl methyl sites for hydroxylation is 1. The van der Waals surface area contributed by atoms with Gasteiger partial charge in [-0.3, -0.25) is 0 Å². The molecule has 1 aliphatic heterocycles. The number of fused-ring (bicyclic) bond motifs is 1. The molecular weight excluding hydrogens is 358 g/mol. The lowest BCUT2D eigenvalue weighted by Crippen LogP contribution is -2.50. The molecule has 3 aromatic rings. The topological polar surface area (TPSA) is 46.0 Å². The first-order chi connectivity index (χ1) is 13.9. The second kappa shape index (κ2) is 6.70. The molecule has 3 heterocycles. The van der Waals surface area contributed by atoms with Gasteiger partial charge in [0, 0.05) is 55.4 Å². The molecule has 1 aromatic carbocycles. The highest BCUT2D eigenvalue weighted by Crippen LogP contribution is 2.46. The van der Waals surface area contributed by atoms with Crippen molar-refractivity contribution in [2.75, 3.05) is 25.0 Å². The summed E-state index contributed by atoms with van der Waals surface area (Å²) in [6, 6.07) is 8.59. The molecule has 0 amide bonds. The maximum atomic E-state index is 4.60. The van der Waals surface area contributed by atoms with Gasteiger partial charge in [-0.15, -0.1) is 0 Å². The molecule has 5 rings (SSSR count). The van der Waals surface area contributed by atoms with Crippen molar-refractivity contribution in [1.82, 2.24) is 19.4 Å². The molecule has 2 aliphatic rings. The van der Waals surface area contributed by atoms with E-state index in [4.69, 9.17) is 0 Å². The van der Waals surface area contributed by atoms with Gasteiger partial charge in [0.05, 0.1) is 11.9 Å². The third kappa shape index (κ3) is 3.55. The van der Waals surface area contributed by atoms with Gasteiger partial charge in [-0.25, -0.2) is 9.97 Å². The van der Waals surface area contributed by atoms with E-state index in [9.17, 15) is 0 Å². The van der Waals surface area contributed by atoms with E-state index >= 15 is 0 Å².